The molecule has 0 radical (unpaired) electrons. The van der Waals surface area contributed by atoms with Crippen LogP contribution in [0.25, 0.3) is 10.8 Å². The van der Waals surface area contributed by atoms with Crippen molar-refractivity contribution < 1.29 is 14.3 Å². The van der Waals surface area contributed by atoms with Gasteiger partial charge >= 0.3 is 0 Å². The first-order valence-electron chi connectivity index (χ1n) is 10.6. The highest BCUT2D eigenvalue weighted by atomic mass is 16.5. The standard InChI is InChI=1S/C25H28N2O3/c1-2-25(28)26-18-23(27-14-16-29-17-15-27)20-10-12-21(13-11-20)30-24-9-5-7-19-6-3-4-8-22(19)24/h3-13,23H,2,14-18H2,1H3,(H,26,28). The molecule has 1 unspecified atom stereocenters. The van der Waals surface area contributed by atoms with Crippen molar-refractivity contribution in [3.05, 3.63) is 72.3 Å². The van der Waals surface area contributed by atoms with Gasteiger partial charge in [0.25, 0.3) is 0 Å². The lowest BCUT2D eigenvalue weighted by Crippen LogP contribution is -2.43. The Balaban J connectivity index is 1.52. The maximum Gasteiger partial charge on any atom is 0.219 e. The molecule has 0 aromatic heterocycles. The fourth-order valence-corrected chi connectivity index (χ4v) is 3.85. The number of benzene rings is 3. The van der Waals surface area contributed by atoms with E-state index in [2.05, 4.69) is 40.5 Å². The van der Waals surface area contributed by atoms with Crippen molar-refractivity contribution in [2.45, 2.75) is 19.4 Å². The summed E-state index contributed by atoms with van der Waals surface area (Å²) in [6.45, 7) is 5.64. The number of amides is 1. The predicted octanol–water partition coefficient (Wildman–Crippen LogP) is 4.53. The molecule has 3 aromatic rings. The Morgan fingerprint density at radius 3 is 2.53 bits per heavy atom. The quantitative estimate of drug-likeness (QED) is 0.629. The molecular weight excluding hydrogens is 376 g/mol. The van der Waals surface area contributed by atoms with Gasteiger partial charge in [0.1, 0.15) is 11.5 Å². The summed E-state index contributed by atoms with van der Waals surface area (Å²) < 4.78 is 11.7. The lowest BCUT2D eigenvalue weighted by atomic mass is 10.0. The highest BCUT2D eigenvalue weighted by Gasteiger charge is 2.23. The van der Waals surface area contributed by atoms with Crippen LogP contribution in [0.1, 0.15) is 24.9 Å². The summed E-state index contributed by atoms with van der Waals surface area (Å²) in [6, 6.07) is 22.6. The Morgan fingerprint density at radius 2 is 1.77 bits per heavy atom. The predicted molar refractivity (Wildman–Crippen MR) is 119 cm³/mol. The van der Waals surface area contributed by atoms with E-state index in [0.717, 1.165) is 48.6 Å². The molecule has 1 atom stereocenters. The minimum atomic E-state index is 0.0733. The van der Waals surface area contributed by atoms with Crippen LogP contribution >= 0.6 is 0 Å². The van der Waals surface area contributed by atoms with Crippen LogP contribution in [0, 0.1) is 0 Å². The monoisotopic (exact) mass is 404 g/mol. The SMILES string of the molecule is CCC(=O)NCC(c1ccc(Oc2cccc3ccccc23)cc1)N1CCOCC1. The lowest BCUT2D eigenvalue weighted by Gasteiger charge is -2.35. The number of carbonyl (C=O) groups excluding carboxylic acids is 1. The maximum atomic E-state index is 11.8. The Labute approximate surface area is 177 Å². The molecule has 1 amide bonds. The summed E-state index contributed by atoms with van der Waals surface area (Å²) in [7, 11) is 0. The number of nitrogens with zero attached hydrogens (tertiary/aromatic N) is 1. The van der Waals surface area contributed by atoms with Gasteiger partial charge in [0.2, 0.25) is 5.91 Å². The molecule has 1 N–H and O–H groups in total. The molecule has 1 heterocycles. The molecule has 5 nitrogen and oxygen atoms in total. The molecule has 1 aliphatic heterocycles. The van der Waals surface area contributed by atoms with Crippen molar-refractivity contribution in [1.82, 2.24) is 10.2 Å². The van der Waals surface area contributed by atoms with Gasteiger partial charge in [0.05, 0.1) is 19.3 Å². The molecule has 5 heteroatoms. The van der Waals surface area contributed by atoms with Gasteiger partial charge in [-0.05, 0) is 29.1 Å². The second kappa shape index (κ2) is 9.74. The van der Waals surface area contributed by atoms with E-state index in [1.807, 2.05) is 43.3 Å². The molecule has 30 heavy (non-hydrogen) atoms. The molecule has 0 aliphatic carbocycles. The van der Waals surface area contributed by atoms with Crippen LogP contribution in [0.15, 0.2) is 66.7 Å². The van der Waals surface area contributed by atoms with Gasteiger partial charge in [-0.3, -0.25) is 9.69 Å². The molecule has 0 spiro atoms. The van der Waals surface area contributed by atoms with Crippen LogP contribution < -0.4 is 10.1 Å². The molecule has 1 aliphatic rings. The third-order valence-corrected chi connectivity index (χ3v) is 5.54. The van der Waals surface area contributed by atoms with Gasteiger partial charge in [0, 0.05) is 31.4 Å². The van der Waals surface area contributed by atoms with Crippen molar-refractivity contribution in [2.24, 2.45) is 0 Å². The van der Waals surface area contributed by atoms with Crippen LogP contribution in [0.4, 0.5) is 0 Å². The summed E-state index contributed by atoms with van der Waals surface area (Å²) in [5.74, 6) is 1.72. The van der Waals surface area contributed by atoms with Crippen molar-refractivity contribution in [2.75, 3.05) is 32.8 Å². The Hall–Kier alpha value is -2.89. The number of rotatable bonds is 7. The third-order valence-electron chi connectivity index (χ3n) is 5.54. The average Bonchev–Trinajstić information content (AvgIpc) is 2.81. The summed E-state index contributed by atoms with van der Waals surface area (Å²) in [6.07, 6.45) is 0.494. The first kappa shape index (κ1) is 20.4. The number of fused-ring (bicyclic) bond motifs is 1. The maximum absolute atomic E-state index is 11.8. The van der Waals surface area contributed by atoms with E-state index in [1.165, 1.54) is 5.56 Å². The van der Waals surface area contributed by atoms with Crippen molar-refractivity contribution in [1.29, 1.82) is 0 Å². The molecule has 1 saturated heterocycles. The second-order valence-electron chi connectivity index (χ2n) is 7.47. The molecule has 1 fully saturated rings. The fraction of sp³-hybridized carbons (Fsp3) is 0.320. The van der Waals surface area contributed by atoms with E-state index in [9.17, 15) is 4.79 Å². The van der Waals surface area contributed by atoms with Gasteiger partial charge in [-0.25, -0.2) is 0 Å². The zero-order valence-corrected chi connectivity index (χ0v) is 17.3. The first-order chi connectivity index (χ1) is 14.7. The Kier molecular flexibility index (Phi) is 6.62. The minimum Gasteiger partial charge on any atom is -0.457 e. The molecule has 4 rings (SSSR count). The Morgan fingerprint density at radius 1 is 1.03 bits per heavy atom. The zero-order valence-electron chi connectivity index (χ0n) is 17.3. The summed E-state index contributed by atoms with van der Waals surface area (Å²) >= 11 is 0. The van der Waals surface area contributed by atoms with Gasteiger partial charge < -0.3 is 14.8 Å². The van der Waals surface area contributed by atoms with E-state index in [1.54, 1.807) is 0 Å². The van der Waals surface area contributed by atoms with Gasteiger partial charge in [-0.1, -0.05) is 55.5 Å². The van der Waals surface area contributed by atoms with Crippen LogP contribution in [0.5, 0.6) is 11.5 Å². The van der Waals surface area contributed by atoms with Crippen LogP contribution in [0.2, 0.25) is 0 Å². The average molecular weight is 405 g/mol. The van der Waals surface area contributed by atoms with Crippen molar-refractivity contribution >= 4 is 16.7 Å². The van der Waals surface area contributed by atoms with Crippen LogP contribution in [-0.2, 0) is 9.53 Å². The molecule has 156 valence electrons. The number of ether oxygens (including phenoxy) is 2. The van der Waals surface area contributed by atoms with Gasteiger partial charge in [-0.2, -0.15) is 0 Å². The van der Waals surface area contributed by atoms with Crippen molar-refractivity contribution in [3.63, 3.8) is 0 Å². The first-order valence-corrected chi connectivity index (χ1v) is 10.6. The zero-order chi connectivity index (χ0) is 20.8. The summed E-state index contributed by atoms with van der Waals surface area (Å²) in [5.41, 5.74) is 1.17. The van der Waals surface area contributed by atoms with Gasteiger partial charge in [0.15, 0.2) is 0 Å². The Bertz CT molecular complexity index is 976. The van der Waals surface area contributed by atoms with E-state index in [4.69, 9.17) is 9.47 Å². The number of carbonyl (C=O) groups is 1. The number of morpholine rings is 1. The largest absolute Gasteiger partial charge is 0.457 e. The lowest BCUT2D eigenvalue weighted by molar-refractivity contribution is -0.121. The second-order valence-corrected chi connectivity index (χ2v) is 7.47. The van der Waals surface area contributed by atoms with Gasteiger partial charge in [-0.15, -0.1) is 0 Å². The topological polar surface area (TPSA) is 50.8 Å². The molecular formula is C25H28N2O3. The van der Waals surface area contributed by atoms with E-state index >= 15 is 0 Å². The minimum absolute atomic E-state index is 0.0733. The van der Waals surface area contributed by atoms with Crippen LogP contribution in [0.3, 0.4) is 0 Å². The summed E-state index contributed by atoms with van der Waals surface area (Å²) in [4.78, 5) is 14.2. The fourth-order valence-electron chi connectivity index (χ4n) is 3.85. The van der Waals surface area contributed by atoms with Crippen LogP contribution in [-0.4, -0.2) is 43.7 Å². The molecule has 3 aromatic carbocycles. The van der Waals surface area contributed by atoms with E-state index < -0.39 is 0 Å². The molecule has 0 saturated carbocycles. The smallest absolute Gasteiger partial charge is 0.219 e. The number of nitrogens with one attached hydrogen (secondary N) is 1. The van der Waals surface area contributed by atoms with Crippen molar-refractivity contribution in [3.8, 4) is 11.5 Å². The summed E-state index contributed by atoms with van der Waals surface area (Å²) in [5, 5.41) is 5.30. The van der Waals surface area contributed by atoms with E-state index in [-0.39, 0.29) is 11.9 Å². The normalized spacial score (nSPS) is 15.6. The highest BCUT2D eigenvalue weighted by molar-refractivity contribution is 5.88. The third kappa shape index (κ3) is 4.81. The van der Waals surface area contributed by atoms with E-state index in [0.29, 0.717) is 13.0 Å². The highest BCUT2D eigenvalue weighted by Crippen LogP contribution is 2.31. The molecule has 0 bridgehead atoms. The number of hydrogen-bond acceptors (Lipinski definition) is 4. The number of hydrogen-bond donors (Lipinski definition) is 1.